The van der Waals surface area contributed by atoms with Crippen LogP contribution in [-0.4, -0.2) is 47.4 Å². The molecule has 0 aliphatic heterocycles. The molecule has 0 aromatic carbocycles. The van der Waals surface area contributed by atoms with E-state index >= 15 is 0 Å². The van der Waals surface area contributed by atoms with Gasteiger partial charge in [-0.1, -0.05) is 6.92 Å². The number of amides is 1. The quantitative estimate of drug-likeness (QED) is 0.840. The van der Waals surface area contributed by atoms with E-state index in [1.54, 1.807) is 18.0 Å². The van der Waals surface area contributed by atoms with Gasteiger partial charge < -0.3 is 10.2 Å². The number of aryl methyl sites for hydroxylation is 1. The summed E-state index contributed by atoms with van der Waals surface area (Å²) in [6, 6.07) is 2.19. The minimum atomic E-state index is 0.0364. The lowest BCUT2D eigenvalue weighted by Crippen LogP contribution is -2.38. The van der Waals surface area contributed by atoms with Crippen LogP contribution in [-0.2, 0) is 0 Å². The topological polar surface area (TPSA) is 45.2 Å². The predicted molar refractivity (Wildman–Crippen MR) is 87.7 cm³/mol. The van der Waals surface area contributed by atoms with Gasteiger partial charge in [-0.25, -0.2) is 0 Å². The van der Waals surface area contributed by atoms with E-state index < -0.39 is 0 Å². The Kier molecular flexibility index (Phi) is 6.85. The summed E-state index contributed by atoms with van der Waals surface area (Å²) < 4.78 is 0. The van der Waals surface area contributed by atoms with E-state index in [1.165, 1.54) is 0 Å². The van der Waals surface area contributed by atoms with Crippen molar-refractivity contribution in [3.63, 3.8) is 0 Å². The van der Waals surface area contributed by atoms with E-state index in [9.17, 15) is 4.79 Å². The zero-order chi connectivity index (χ0) is 15.1. The molecular formula is C15H25N3OS. The first-order valence-corrected chi connectivity index (χ1v) is 8.41. The van der Waals surface area contributed by atoms with Crippen LogP contribution in [0.1, 0.15) is 36.3 Å². The number of pyridine rings is 1. The van der Waals surface area contributed by atoms with Crippen LogP contribution in [0.4, 0.5) is 5.69 Å². The van der Waals surface area contributed by atoms with Crippen LogP contribution < -0.4 is 5.32 Å². The molecule has 0 spiro atoms. The summed E-state index contributed by atoms with van der Waals surface area (Å²) in [5, 5.41) is 3.25. The van der Waals surface area contributed by atoms with Crippen molar-refractivity contribution in [1.29, 1.82) is 0 Å². The van der Waals surface area contributed by atoms with Crippen LogP contribution in [0.3, 0.4) is 0 Å². The number of hydrogen-bond donors (Lipinski definition) is 1. The van der Waals surface area contributed by atoms with Gasteiger partial charge >= 0.3 is 0 Å². The van der Waals surface area contributed by atoms with Crippen LogP contribution in [0.2, 0.25) is 0 Å². The highest BCUT2D eigenvalue weighted by Gasteiger charge is 2.22. The Morgan fingerprint density at radius 2 is 2.20 bits per heavy atom. The van der Waals surface area contributed by atoms with Gasteiger partial charge in [0.05, 0.1) is 11.3 Å². The summed E-state index contributed by atoms with van der Waals surface area (Å²) in [5.74, 6) is 0.989. The second-order valence-electron chi connectivity index (χ2n) is 4.84. The highest BCUT2D eigenvalue weighted by Crippen LogP contribution is 2.19. The van der Waals surface area contributed by atoms with Crippen molar-refractivity contribution in [3.05, 3.63) is 23.5 Å². The number of carbonyl (C=O) groups excluding carboxylic acids is 1. The molecule has 112 valence electrons. The van der Waals surface area contributed by atoms with Gasteiger partial charge in [0, 0.05) is 37.3 Å². The molecule has 0 aliphatic carbocycles. The van der Waals surface area contributed by atoms with Crippen molar-refractivity contribution in [2.24, 2.45) is 0 Å². The van der Waals surface area contributed by atoms with E-state index in [1.807, 2.05) is 31.9 Å². The second kappa shape index (κ2) is 8.15. The normalized spacial score (nSPS) is 12.1. The molecule has 0 radical (unpaired) electrons. The Hall–Kier alpha value is -1.23. The van der Waals surface area contributed by atoms with Crippen LogP contribution in [0.25, 0.3) is 0 Å². The Morgan fingerprint density at radius 1 is 1.50 bits per heavy atom. The molecule has 5 heteroatoms. The lowest BCUT2D eigenvalue weighted by Gasteiger charge is -2.27. The van der Waals surface area contributed by atoms with Gasteiger partial charge in [-0.3, -0.25) is 9.78 Å². The molecule has 0 aliphatic rings. The van der Waals surface area contributed by atoms with Gasteiger partial charge in [0.1, 0.15) is 0 Å². The van der Waals surface area contributed by atoms with E-state index in [4.69, 9.17) is 0 Å². The van der Waals surface area contributed by atoms with E-state index in [-0.39, 0.29) is 11.9 Å². The summed E-state index contributed by atoms with van der Waals surface area (Å²) in [6.45, 7) is 6.86. The number of aromatic nitrogens is 1. The van der Waals surface area contributed by atoms with Crippen molar-refractivity contribution in [1.82, 2.24) is 9.88 Å². The van der Waals surface area contributed by atoms with Crippen LogP contribution >= 0.6 is 11.8 Å². The van der Waals surface area contributed by atoms with Gasteiger partial charge in [0.2, 0.25) is 0 Å². The molecule has 4 nitrogen and oxygen atoms in total. The molecule has 1 amide bonds. The van der Waals surface area contributed by atoms with Gasteiger partial charge in [0.15, 0.2) is 0 Å². The summed E-state index contributed by atoms with van der Waals surface area (Å²) in [4.78, 5) is 18.8. The predicted octanol–water partition coefficient (Wildman–Crippen LogP) is 3.04. The zero-order valence-electron chi connectivity index (χ0n) is 13.1. The number of hydrogen-bond acceptors (Lipinski definition) is 4. The van der Waals surface area contributed by atoms with Crippen molar-refractivity contribution in [2.75, 3.05) is 30.9 Å². The molecular weight excluding hydrogens is 270 g/mol. The fourth-order valence-electron chi connectivity index (χ4n) is 2.12. The highest BCUT2D eigenvalue weighted by molar-refractivity contribution is 7.98. The van der Waals surface area contributed by atoms with Gasteiger partial charge in [0.25, 0.3) is 5.91 Å². The molecule has 0 fully saturated rings. The van der Waals surface area contributed by atoms with E-state index in [0.29, 0.717) is 5.56 Å². The molecule has 1 aromatic heterocycles. The fourth-order valence-corrected chi connectivity index (χ4v) is 2.96. The highest BCUT2D eigenvalue weighted by atomic mass is 32.2. The lowest BCUT2D eigenvalue weighted by atomic mass is 10.1. The molecule has 0 saturated carbocycles. The van der Waals surface area contributed by atoms with Gasteiger partial charge in [-0.05, 0) is 32.6 Å². The monoisotopic (exact) mass is 295 g/mol. The first-order valence-electron chi connectivity index (χ1n) is 7.01. The third-order valence-electron chi connectivity index (χ3n) is 3.34. The maximum absolute atomic E-state index is 12.7. The van der Waals surface area contributed by atoms with E-state index in [0.717, 1.165) is 30.1 Å². The second-order valence-corrected chi connectivity index (χ2v) is 5.75. The largest absolute Gasteiger partial charge is 0.385 e. The summed E-state index contributed by atoms with van der Waals surface area (Å²) in [7, 11) is 1.88. The molecule has 1 unspecified atom stereocenters. The first kappa shape index (κ1) is 16.8. The maximum Gasteiger partial charge on any atom is 0.257 e. The summed E-state index contributed by atoms with van der Waals surface area (Å²) in [5.41, 5.74) is 2.44. The van der Waals surface area contributed by atoms with Crippen LogP contribution in [0.15, 0.2) is 12.3 Å². The van der Waals surface area contributed by atoms with Crippen molar-refractivity contribution in [3.8, 4) is 0 Å². The molecule has 1 heterocycles. The van der Waals surface area contributed by atoms with Crippen LogP contribution in [0.5, 0.6) is 0 Å². The minimum absolute atomic E-state index is 0.0364. The third-order valence-corrected chi connectivity index (χ3v) is 4.05. The molecule has 0 saturated heterocycles. The van der Waals surface area contributed by atoms with Crippen molar-refractivity contribution < 1.29 is 4.79 Å². The Labute approximate surface area is 126 Å². The number of rotatable bonds is 7. The molecule has 0 bridgehead atoms. The van der Waals surface area contributed by atoms with E-state index in [2.05, 4.69) is 23.5 Å². The third kappa shape index (κ3) is 4.13. The number of anilines is 1. The van der Waals surface area contributed by atoms with Gasteiger partial charge in [-0.15, -0.1) is 0 Å². The fraction of sp³-hybridized carbons (Fsp3) is 0.600. The Bertz CT molecular complexity index is 451. The maximum atomic E-state index is 12.7. The van der Waals surface area contributed by atoms with Crippen molar-refractivity contribution >= 4 is 23.4 Å². The molecule has 1 N–H and O–H groups in total. The standard InChI is InChI=1S/C15H25N3OS/c1-6-12(10-20-5)18(4)15(19)13-9-17-11(3)8-14(13)16-7-2/h8-9,12H,6-7,10H2,1-5H3,(H,16,17). The summed E-state index contributed by atoms with van der Waals surface area (Å²) >= 11 is 1.77. The SMILES string of the molecule is CCNc1cc(C)ncc1C(=O)N(C)C(CC)CSC. The van der Waals surface area contributed by atoms with Crippen molar-refractivity contribution in [2.45, 2.75) is 33.2 Å². The molecule has 1 aromatic rings. The molecule has 1 atom stereocenters. The van der Waals surface area contributed by atoms with Crippen LogP contribution in [0, 0.1) is 6.92 Å². The number of nitrogens with zero attached hydrogens (tertiary/aromatic N) is 2. The first-order chi connectivity index (χ1) is 9.54. The average Bonchev–Trinajstić information content (AvgIpc) is 2.44. The van der Waals surface area contributed by atoms with Gasteiger partial charge in [-0.2, -0.15) is 11.8 Å². The number of nitrogens with one attached hydrogen (secondary N) is 1. The molecule has 1 rings (SSSR count). The summed E-state index contributed by atoms with van der Waals surface area (Å²) in [6.07, 6.45) is 4.70. The smallest absolute Gasteiger partial charge is 0.257 e. The zero-order valence-corrected chi connectivity index (χ0v) is 13.9. The Morgan fingerprint density at radius 3 is 2.75 bits per heavy atom. The molecule has 20 heavy (non-hydrogen) atoms. The average molecular weight is 295 g/mol. The Balaban J connectivity index is 3.01. The minimum Gasteiger partial charge on any atom is -0.385 e. The number of carbonyl (C=O) groups is 1. The lowest BCUT2D eigenvalue weighted by molar-refractivity contribution is 0.0744. The number of thioether (sulfide) groups is 1.